The molecule has 0 radical (unpaired) electrons. The molecule has 0 atom stereocenters. The van der Waals surface area contributed by atoms with Crippen LogP contribution in [-0.4, -0.2) is 30.7 Å². The number of hydrogen-bond donors (Lipinski definition) is 1. The number of benzene rings is 1. The monoisotopic (exact) mass is 276 g/mol. The Labute approximate surface area is 116 Å². The Morgan fingerprint density at radius 3 is 2.80 bits per heavy atom. The molecule has 0 saturated heterocycles. The van der Waals surface area contributed by atoms with E-state index >= 15 is 0 Å². The second-order valence-corrected chi connectivity index (χ2v) is 4.60. The maximum Gasteiger partial charge on any atom is 0.230 e. The first kappa shape index (κ1) is 14.0. The van der Waals surface area contributed by atoms with Gasteiger partial charge in [0.2, 0.25) is 11.8 Å². The van der Waals surface area contributed by atoms with Gasteiger partial charge in [-0.2, -0.15) is 0 Å². The van der Waals surface area contributed by atoms with Gasteiger partial charge in [0.05, 0.1) is 18.7 Å². The van der Waals surface area contributed by atoms with Gasteiger partial charge in [0, 0.05) is 18.5 Å². The van der Waals surface area contributed by atoms with Gasteiger partial charge in [0.1, 0.15) is 5.75 Å². The normalized spacial score (nSPS) is 14.2. The van der Waals surface area contributed by atoms with Crippen LogP contribution in [0.5, 0.6) is 5.75 Å². The van der Waals surface area contributed by atoms with Gasteiger partial charge in [0.25, 0.3) is 0 Å². The van der Waals surface area contributed by atoms with E-state index < -0.39 is 5.91 Å². The molecule has 1 aromatic carbocycles. The highest BCUT2D eigenvalue weighted by molar-refractivity contribution is 6.00. The first-order chi connectivity index (χ1) is 9.49. The summed E-state index contributed by atoms with van der Waals surface area (Å²) < 4.78 is 5.50. The van der Waals surface area contributed by atoms with Crippen molar-refractivity contribution in [1.29, 1.82) is 0 Å². The van der Waals surface area contributed by atoms with Gasteiger partial charge in [-0.15, -0.1) is 0 Å². The van der Waals surface area contributed by atoms with E-state index in [1.807, 2.05) is 0 Å². The lowest BCUT2D eigenvalue weighted by molar-refractivity contribution is -0.119. The lowest BCUT2D eigenvalue weighted by atomic mass is 10.1. The number of carbonyl (C=O) groups is 3. The lowest BCUT2D eigenvalue weighted by Gasteiger charge is -2.21. The summed E-state index contributed by atoms with van der Waals surface area (Å²) in [5, 5.41) is 0. The molecule has 0 bridgehead atoms. The Kier molecular flexibility index (Phi) is 4.02. The van der Waals surface area contributed by atoms with Gasteiger partial charge in [-0.25, -0.2) is 0 Å². The van der Waals surface area contributed by atoms with Crippen molar-refractivity contribution >= 4 is 23.3 Å². The summed E-state index contributed by atoms with van der Waals surface area (Å²) in [5.41, 5.74) is 6.14. The Morgan fingerprint density at radius 1 is 1.40 bits per heavy atom. The minimum absolute atomic E-state index is 0.0650. The number of fused-ring (bicyclic) bond motifs is 1. The zero-order valence-electron chi connectivity index (χ0n) is 11.2. The largest absolute Gasteiger partial charge is 0.491 e. The number of nitrogens with zero attached hydrogens (tertiary/aromatic N) is 1. The molecule has 20 heavy (non-hydrogen) atoms. The number of primary amides is 1. The van der Waals surface area contributed by atoms with E-state index in [9.17, 15) is 14.4 Å². The number of ketones is 1. The lowest BCUT2D eigenvalue weighted by Crippen LogP contribution is -2.33. The van der Waals surface area contributed by atoms with Crippen molar-refractivity contribution in [2.75, 3.05) is 18.1 Å². The van der Waals surface area contributed by atoms with E-state index in [1.54, 1.807) is 18.2 Å². The Morgan fingerprint density at radius 2 is 2.15 bits per heavy atom. The predicted molar refractivity (Wildman–Crippen MR) is 72.7 cm³/mol. The van der Waals surface area contributed by atoms with E-state index in [4.69, 9.17) is 10.5 Å². The number of Topliss-reactive ketones (excluding diaryl/α,β-unsaturated/α-hetero) is 1. The summed E-state index contributed by atoms with van der Waals surface area (Å²) in [4.78, 5) is 35.9. The molecule has 106 valence electrons. The number of nitrogens with two attached hydrogens (primary N) is 1. The van der Waals surface area contributed by atoms with Crippen molar-refractivity contribution in [1.82, 2.24) is 0 Å². The van der Waals surface area contributed by atoms with Crippen LogP contribution in [0.25, 0.3) is 0 Å². The van der Waals surface area contributed by atoms with E-state index in [1.165, 1.54) is 11.8 Å². The third-order valence-corrected chi connectivity index (χ3v) is 3.11. The van der Waals surface area contributed by atoms with Crippen LogP contribution in [0, 0.1) is 0 Å². The highest BCUT2D eigenvalue weighted by Gasteiger charge is 2.24. The molecule has 2 N–H and O–H groups in total. The number of anilines is 1. The summed E-state index contributed by atoms with van der Waals surface area (Å²) in [6, 6.07) is 4.94. The molecule has 0 aliphatic carbocycles. The molecule has 1 aliphatic rings. The summed E-state index contributed by atoms with van der Waals surface area (Å²) in [6.45, 7) is 1.92. The average Bonchev–Trinajstić information content (AvgIpc) is 2.54. The van der Waals surface area contributed by atoms with Crippen LogP contribution in [0.1, 0.15) is 30.1 Å². The van der Waals surface area contributed by atoms with Gasteiger partial charge in [-0.05, 0) is 25.1 Å². The van der Waals surface area contributed by atoms with Crippen LogP contribution in [0.15, 0.2) is 18.2 Å². The van der Waals surface area contributed by atoms with Gasteiger partial charge in [-0.3, -0.25) is 14.4 Å². The number of amides is 2. The van der Waals surface area contributed by atoms with Gasteiger partial charge in [0.15, 0.2) is 5.78 Å². The van der Waals surface area contributed by atoms with E-state index in [-0.39, 0.29) is 37.7 Å². The number of rotatable bonds is 4. The maximum atomic E-state index is 12.1. The number of hydrogen-bond acceptors (Lipinski definition) is 4. The van der Waals surface area contributed by atoms with Crippen molar-refractivity contribution in [3.8, 4) is 5.75 Å². The summed E-state index contributed by atoms with van der Waals surface area (Å²) in [5.74, 6) is -0.192. The standard InChI is InChI=1S/C14H16N2O4/c1-9(17)10-2-3-12-11(8-10)16(6-4-13(15)18)14(19)5-7-20-12/h2-3,8H,4-7H2,1H3,(H2,15,18). The summed E-state index contributed by atoms with van der Waals surface area (Å²) in [7, 11) is 0. The maximum absolute atomic E-state index is 12.1. The third kappa shape index (κ3) is 2.96. The minimum atomic E-state index is -0.479. The van der Waals surface area contributed by atoms with Crippen molar-refractivity contribution in [3.05, 3.63) is 23.8 Å². The Hall–Kier alpha value is -2.37. The van der Waals surface area contributed by atoms with Crippen LogP contribution < -0.4 is 15.4 Å². The summed E-state index contributed by atoms with van der Waals surface area (Å²) >= 11 is 0. The second kappa shape index (κ2) is 5.73. The zero-order chi connectivity index (χ0) is 14.7. The van der Waals surface area contributed by atoms with Gasteiger partial charge in [-0.1, -0.05) is 0 Å². The molecule has 6 nitrogen and oxygen atoms in total. The number of carbonyl (C=O) groups excluding carboxylic acids is 3. The topological polar surface area (TPSA) is 89.7 Å². The molecular weight excluding hydrogens is 260 g/mol. The van der Waals surface area contributed by atoms with Crippen LogP contribution in [0.2, 0.25) is 0 Å². The Bertz CT molecular complexity index is 568. The number of ether oxygens (including phenoxy) is 1. The molecule has 0 aromatic heterocycles. The molecule has 1 aromatic rings. The summed E-state index contributed by atoms with van der Waals surface area (Å²) in [6.07, 6.45) is 0.290. The molecule has 0 spiro atoms. The van der Waals surface area contributed by atoms with Crippen LogP contribution in [-0.2, 0) is 9.59 Å². The molecule has 1 heterocycles. The van der Waals surface area contributed by atoms with Crippen molar-refractivity contribution in [2.24, 2.45) is 5.73 Å². The molecule has 2 rings (SSSR count). The van der Waals surface area contributed by atoms with Gasteiger partial charge >= 0.3 is 0 Å². The molecule has 2 amide bonds. The fourth-order valence-electron chi connectivity index (χ4n) is 2.05. The predicted octanol–water partition coefficient (Wildman–Crippen LogP) is 0.880. The fraction of sp³-hybridized carbons (Fsp3) is 0.357. The van der Waals surface area contributed by atoms with Crippen molar-refractivity contribution in [3.63, 3.8) is 0 Å². The smallest absolute Gasteiger partial charge is 0.230 e. The highest BCUT2D eigenvalue weighted by Crippen LogP contribution is 2.32. The molecule has 1 aliphatic heterocycles. The van der Waals surface area contributed by atoms with Crippen LogP contribution in [0.4, 0.5) is 5.69 Å². The van der Waals surface area contributed by atoms with Crippen LogP contribution in [0.3, 0.4) is 0 Å². The average molecular weight is 276 g/mol. The fourth-order valence-corrected chi connectivity index (χ4v) is 2.05. The van der Waals surface area contributed by atoms with E-state index in [0.717, 1.165) is 0 Å². The van der Waals surface area contributed by atoms with Crippen molar-refractivity contribution in [2.45, 2.75) is 19.8 Å². The molecular formula is C14H16N2O4. The van der Waals surface area contributed by atoms with E-state index in [0.29, 0.717) is 17.0 Å². The Balaban J connectivity index is 2.40. The SMILES string of the molecule is CC(=O)c1ccc2c(c1)N(CCC(N)=O)C(=O)CCO2. The first-order valence-electron chi connectivity index (χ1n) is 6.35. The zero-order valence-corrected chi connectivity index (χ0v) is 11.2. The second-order valence-electron chi connectivity index (χ2n) is 4.60. The quantitative estimate of drug-likeness (QED) is 0.827. The van der Waals surface area contributed by atoms with E-state index in [2.05, 4.69) is 0 Å². The van der Waals surface area contributed by atoms with Crippen LogP contribution >= 0.6 is 0 Å². The van der Waals surface area contributed by atoms with Gasteiger partial charge < -0.3 is 15.4 Å². The third-order valence-electron chi connectivity index (χ3n) is 3.11. The molecule has 0 fully saturated rings. The highest BCUT2D eigenvalue weighted by atomic mass is 16.5. The molecule has 0 saturated carbocycles. The van der Waals surface area contributed by atoms with Crippen molar-refractivity contribution < 1.29 is 19.1 Å². The molecule has 0 unspecified atom stereocenters. The first-order valence-corrected chi connectivity index (χ1v) is 6.35. The minimum Gasteiger partial charge on any atom is -0.491 e. The molecule has 6 heteroatoms.